The number of halogens is 4. The van der Waals surface area contributed by atoms with Crippen LogP contribution in [0.2, 0.25) is 0 Å². The first-order valence-electron chi connectivity index (χ1n) is 6.08. The number of nitrogens with one attached hydrogen (secondary N) is 1. The molecular weight excluding hydrogens is 339 g/mol. The molecule has 1 rings (SSSR count). The van der Waals surface area contributed by atoms with Gasteiger partial charge in [-0.2, -0.15) is 13.2 Å². The lowest BCUT2D eigenvalue weighted by molar-refractivity contribution is -0.175. The molecule has 0 saturated carbocycles. The summed E-state index contributed by atoms with van der Waals surface area (Å²) >= 11 is 3.35. The van der Waals surface area contributed by atoms with Gasteiger partial charge in [0, 0.05) is 0 Å². The van der Waals surface area contributed by atoms with Crippen molar-refractivity contribution in [3.63, 3.8) is 0 Å². The minimum atomic E-state index is -4.31. The number of benzene rings is 1. The molecule has 0 aromatic heterocycles. The molecule has 0 amide bonds. The Hall–Kier alpha value is -0.790. The van der Waals surface area contributed by atoms with Crippen LogP contribution in [0.3, 0.4) is 0 Å². The van der Waals surface area contributed by atoms with E-state index in [2.05, 4.69) is 21.2 Å². The molecule has 0 fully saturated rings. The molecule has 1 unspecified atom stereocenters. The van der Waals surface area contributed by atoms with Crippen LogP contribution in [0.5, 0.6) is 5.75 Å². The van der Waals surface area contributed by atoms with Crippen molar-refractivity contribution in [2.45, 2.75) is 19.1 Å². The van der Waals surface area contributed by atoms with Crippen LogP contribution in [0, 0.1) is 0 Å². The van der Waals surface area contributed by atoms with Crippen LogP contribution in [0.15, 0.2) is 22.7 Å². The molecule has 0 radical (unpaired) electrons. The first-order valence-corrected chi connectivity index (χ1v) is 6.88. The normalized spacial score (nSPS) is 13.3. The first kappa shape index (κ1) is 17.3. The van der Waals surface area contributed by atoms with E-state index in [-0.39, 0.29) is 12.6 Å². The second kappa shape index (κ2) is 7.85. The van der Waals surface area contributed by atoms with Gasteiger partial charge in [-0.3, -0.25) is 0 Å². The van der Waals surface area contributed by atoms with Gasteiger partial charge in [0.05, 0.1) is 24.2 Å². The van der Waals surface area contributed by atoms with Crippen molar-refractivity contribution < 1.29 is 22.6 Å². The van der Waals surface area contributed by atoms with Gasteiger partial charge >= 0.3 is 6.18 Å². The second-order valence-electron chi connectivity index (χ2n) is 4.13. The summed E-state index contributed by atoms with van der Waals surface area (Å²) in [5, 5.41) is 3.10. The summed E-state index contributed by atoms with van der Waals surface area (Å²) < 4.78 is 46.9. The standard InChI is InChI=1S/C13H17BrF3NO2/c1-3-18-11(7-20-8-13(15,16)17)9-4-5-12(19-2)10(14)6-9/h4-6,11,18H,3,7-8H2,1-2H3. The number of likely N-dealkylation sites (N-methyl/N-ethyl adjacent to an activating group) is 1. The molecule has 3 nitrogen and oxygen atoms in total. The fraction of sp³-hybridized carbons (Fsp3) is 0.538. The Kier molecular flexibility index (Phi) is 6.78. The topological polar surface area (TPSA) is 30.5 Å². The third-order valence-corrected chi connectivity index (χ3v) is 3.20. The fourth-order valence-corrected chi connectivity index (χ4v) is 2.27. The highest BCUT2D eigenvalue weighted by atomic mass is 79.9. The maximum Gasteiger partial charge on any atom is 0.411 e. The van der Waals surface area contributed by atoms with E-state index in [1.807, 2.05) is 13.0 Å². The average Bonchev–Trinajstić information content (AvgIpc) is 2.36. The van der Waals surface area contributed by atoms with Crippen LogP contribution in [-0.2, 0) is 4.74 Å². The van der Waals surface area contributed by atoms with Crippen molar-refractivity contribution in [3.8, 4) is 5.75 Å². The molecule has 114 valence electrons. The predicted octanol–water partition coefficient (Wildman–Crippen LogP) is 3.69. The molecule has 20 heavy (non-hydrogen) atoms. The van der Waals surface area contributed by atoms with E-state index in [0.717, 1.165) is 10.0 Å². The zero-order valence-electron chi connectivity index (χ0n) is 11.3. The van der Waals surface area contributed by atoms with Gasteiger partial charge in [0.2, 0.25) is 0 Å². The van der Waals surface area contributed by atoms with E-state index in [4.69, 9.17) is 9.47 Å². The largest absolute Gasteiger partial charge is 0.496 e. The molecule has 0 spiro atoms. The van der Waals surface area contributed by atoms with Gasteiger partial charge < -0.3 is 14.8 Å². The average molecular weight is 356 g/mol. The van der Waals surface area contributed by atoms with Crippen molar-refractivity contribution in [2.75, 3.05) is 26.9 Å². The van der Waals surface area contributed by atoms with E-state index in [1.54, 1.807) is 19.2 Å². The van der Waals surface area contributed by atoms with Crippen molar-refractivity contribution in [1.82, 2.24) is 5.32 Å². The summed E-state index contributed by atoms with van der Waals surface area (Å²) in [4.78, 5) is 0. The molecule has 0 heterocycles. The lowest BCUT2D eigenvalue weighted by Crippen LogP contribution is -2.28. The summed E-state index contributed by atoms with van der Waals surface area (Å²) in [6.45, 7) is 1.22. The quantitative estimate of drug-likeness (QED) is 0.809. The molecule has 0 bridgehead atoms. The molecule has 1 N–H and O–H groups in total. The third kappa shape index (κ3) is 5.68. The smallest absolute Gasteiger partial charge is 0.411 e. The highest BCUT2D eigenvalue weighted by Crippen LogP contribution is 2.28. The summed E-state index contributed by atoms with van der Waals surface area (Å²) in [7, 11) is 1.55. The Morgan fingerprint density at radius 2 is 2.05 bits per heavy atom. The van der Waals surface area contributed by atoms with Gasteiger partial charge in [-0.1, -0.05) is 13.0 Å². The minimum absolute atomic E-state index is 0.0495. The monoisotopic (exact) mass is 355 g/mol. The zero-order valence-corrected chi connectivity index (χ0v) is 12.8. The van der Waals surface area contributed by atoms with Gasteiger partial charge in [-0.25, -0.2) is 0 Å². The number of ether oxygens (including phenoxy) is 2. The Morgan fingerprint density at radius 1 is 1.35 bits per heavy atom. The number of rotatable bonds is 7. The second-order valence-corrected chi connectivity index (χ2v) is 4.99. The van der Waals surface area contributed by atoms with Gasteiger partial charge in [0.25, 0.3) is 0 Å². The van der Waals surface area contributed by atoms with Crippen LogP contribution in [-0.4, -0.2) is 33.0 Å². The molecule has 1 atom stereocenters. The van der Waals surface area contributed by atoms with E-state index in [0.29, 0.717) is 12.3 Å². The highest BCUT2D eigenvalue weighted by Gasteiger charge is 2.28. The maximum atomic E-state index is 12.1. The van der Waals surface area contributed by atoms with Crippen molar-refractivity contribution in [3.05, 3.63) is 28.2 Å². The third-order valence-electron chi connectivity index (χ3n) is 2.58. The van der Waals surface area contributed by atoms with Crippen LogP contribution in [0.4, 0.5) is 13.2 Å². The van der Waals surface area contributed by atoms with Crippen LogP contribution in [0.1, 0.15) is 18.5 Å². The lowest BCUT2D eigenvalue weighted by Gasteiger charge is -2.20. The Labute approximate surface area is 124 Å². The summed E-state index contributed by atoms with van der Waals surface area (Å²) in [6.07, 6.45) is -4.31. The van der Waals surface area contributed by atoms with Crippen molar-refractivity contribution in [2.24, 2.45) is 0 Å². The van der Waals surface area contributed by atoms with E-state index in [9.17, 15) is 13.2 Å². The van der Waals surface area contributed by atoms with Crippen molar-refractivity contribution in [1.29, 1.82) is 0 Å². The van der Waals surface area contributed by atoms with Gasteiger partial charge in [0.15, 0.2) is 0 Å². The number of hydrogen-bond donors (Lipinski definition) is 1. The molecule has 1 aromatic carbocycles. The van der Waals surface area contributed by atoms with E-state index < -0.39 is 12.8 Å². The van der Waals surface area contributed by atoms with Gasteiger partial charge in [-0.05, 0) is 40.2 Å². The first-order chi connectivity index (χ1) is 9.37. The maximum absolute atomic E-state index is 12.1. The Balaban J connectivity index is 2.72. The molecule has 7 heteroatoms. The van der Waals surface area contributed by atoms with Gasteiger partial charge in [0.1, 0.15) is 12.4 Å². The lowest BCUT2D eigenvalue weighted by atomic mass is 10.1. The Morgan fingerprint density at radius 3 is 2.55 bits per heavy atom. The van der Waals surface area contributed by atoms with Crippen molar-refractivity contribution >= 4 is 15.9 Å². The zero-order chi connectivity index (χ0) is 15.2. The SMILES string of the molecule is CCNC(COCC(F)(F)F)c1ccc(OC)c(Br)c1. The van der Waals surface area contributed by atoms with Gasteiger partial charge in [-0.15, -0.1) is 0 Å². The minimum Gasteiger partial charge on any atom is -0.496 e. The fourth-order valence-electron chi connectivity index (χ4n) is 1.71. The number of methoxy groups -OCH3 is 1. The van der Waals surface area contributed by atoms with Crippen LogP contribution >= 0.6 is 15.9 Å². The van der Waals surface area contributed by atoms with Crippen LogP contribution < -0.4 is 10.1 Å². The van der Waals surface area contributed by atoms with E-state index in [1.165, 1.54) is 0 Å². The van der Waals surface area contributed by atoms with Crippen LogP contribution in [0.25, 0.3) is 0 Å². The number of hydrogen-bond acceptors (Lipinski definition) is 3. The Bertz CT molecular complexity index is 427. The molecule has 0 aliphatic carbocycles. The molecule has 0 aliphatic heterocycles. The molecule has 1 aromatic rings. The molecule has 0 aliphatic rings. The summed E-state index contributed by atoms with van der Waals surface area (Å²) in [6, 6.07) is 5.06. The van der Waals surface area contributed by atoms with E-state index >= 15 is 0 Å². The summed E-state index contributed by atoms with van der Waals surface area (Å²) in [5.41, 5.74) is 0.835. The summed E-state index contributed by atoms with van der Waals surface area (Å²) in [5.74, 6) is 0.667. The molecular formula is C13H17BrF3NO2. The predicted molar refractivity (Wildman–Crippen MR) is 74.0 cm³/mol. The molecule has 0 saturated heterocycles. The highest BCUT2D eigenvalue weighted by molar-refractivity contribution is 9.10. The number of alkyl halides is 3.